The van der Waals surface area contributed by atoms with Crippen molar-refractivity contribution in [3.05, 3.63) is 176 Å². The molecule has 0 atom stereocenters. The Balaban J connectivity index is 1.03. The van der Waals surface area contributed by atoms with E-state index in [-0.39, 0.29) is 0 Å². The van der Waals surface area contributed by atoms with E-state index in [0.29, 0.717) is 0 Å². The molecule has 8 aromatic carbocycles. The number of para-hydroxylation sites is 4. The molecule has 0 aliphatic carbocycles. The van der Waals surface area contributed by atoms with Crippen LogP contribution in [-0.2, 0) is 0 Å². The van der Waals surface area contributed by atoms with Crippen LogP contribution in [0.5, 0.6) is 0 Å². The fraction of sp³-hybridized carbons (Fsp3) is 0. The third-order valence-electron chi connectivity index (χ3n) is 10.3. The van der Waals surface area contributed by atoms with Crippen LogP contribution in [-0.4, -0.2) is 0 Å². The predicted molar refractivity (Wildman–Crippen MR) is 214 cm³/mol. The van der Waals surface area contributed by atoms with Gasteiger partial charge in [-0.25, -0.2) is 0 Å². The van der Waals surface area contributed by atoms with Crippen molar-refractivity contribution in [3.63, 3.8) is 0 Å². The highest BCUT2D eigenvalue weighted by Crippen LogP contribution is 2.43. The maximum atomic E-state index is 6.57. The molecule has 3 aromatic heterocycles. The smallest absolute Gasteiger partial charge is 0.159 e. The van der Waals surface area contributed by atoms with Crippen LogP contribution < -0.4 is 4.90 Å². The molecule has 4 heteroatoms. The van der Waals surface area contributed by atoms with Gasteiger partial charge >= 0.3 is 0 Å². The van der Waals surface area contributed by atoms with E-state index in [2.05, 4.69) is 144 Å². The van der Waals surface area contributed by atoms with Crippen molar-refractivity contribution in [1.82, 2.24) is 0 Å². The van der Waals surface area contributed by atoms with Gasteiger partial charge in [-0.15, -0.1) is 0 Å². The van der Waals surface area contributed by atoms with E-state index in [0.717, 1.165) is 105 Å². The number of nitrogens with zero attached hydrogens (tertiary/aromatic N) is 1. The summed E-state index contributed by atoms with van der Waals surface area (Å²) in [5.41, 5.74) is 12.9. The van der Waals surface area contributed by atoms with E-state index >= 15 is 0 Å². The van der Waals surface area contributed by atoms with E-state index in [1.54, 1.807) is 0 Å². The largest absolute Gasteiger partial charge is 0.456 e. The van der Waals surface area contributed by atoms with Crippen molar-refractivity contribution in [3.8, 4) is 22.3 Å². The van der Waals surface area contributed by atoms with Crippen molar-refractivity contribution in [2.24, 2.45) is 0 Å². The molecule has 0 radical (unpaired) electrons. The molecule has 0 N–H and O–H groups in total. The summed E-state index contributed by atoms with van der Waals surface area (Å²) in [4.78, 5) is 2.29. The molecular weight excluding hydrogens is 639 g/mol. The molecule has 11 aromatic rings. The molecule has 0 aliphatic heterocycles. The Labute approximate surface area is 298 Å². The van der Waals surface area contributed by atoms with Gasteiger partial charge in [-0.1, -0.05) is 103 Å². The topological polar surface area (TPSA) is 42.7 Å². The molecule has 0 saturated carbocycles. The van der Waals surface area contributed by atoms with Crippen molar-refractivity contribution >= 4 is 82.9 Å². The average Bonchev–Trinajstić information content (AvgIpc) is 3.90. The maximum absolute atomic E-state index is 6.57. The molecule has 0 saturated heterocycles. The first-order chi connectivity index (χ1) is 25.7. The van der Waals surface area contributed by atoms with Crippen molar-refractivity contribution in [1.29, 1.82) is 0 Å². The molecule has 3 heterocycles. The highest BCUT2D eigenvalue weighted by molar-refractivity contribution is 6.11. The molecule has 0 bridgehead atoms. The van der Waals surface area contributed by atoms with Crippen LogP contribution in [0.2, 0.25) is 0 Å². The van der Waals surface area contributed by atoms with Gasteiger partial charge in [0.2, 0.25) is 0 Å². The summed E-state index contributed by atoms with van der Waals surface area (Å²) < 4.78 is 18.8. The van der Waals surface area contributed by atoms with Gasteiger partial charge in [-0.05, 0) is 95.1 Å². The predicted octanol–water partition coefficient (Wildman–Crippen LogP) is 14.2. The van der Waals surface area contributed by atoms with Crippen LogP contribution in [0.3, 0.4) is 0 Å². The molecule has 4 nitrogen and oxygen atoms in total. The van der Waals surface area contributed by atoms with Crippen LogP contribution in [0.4, 0.5) is 17.1 Å². The fourth-order valence-corrected chi connectivity index (χ4v) is 7.75. The molecular formula is C48H29NO3. The molecule has 244 valence electrons. The van der Waals surface area contributed by atoms with E-state index in [9.17, 15) is 0 Å². The number of fused-ring (bicyclic) bond motifs is 9. The fourth-order valence-electron chi connectivity index (χ4n) is 7.75. The minimum Gasteiger partial charge on any atom is -0.456 e. The zero-order chi connectivity index (χ0) is 34.2. The summed E-state index contributed by atoms with van der Waals surface area (Å²) in [6, 6.07) is 61.5. The van der Waals surface area contributed by atoms with Crippen LogP contribution in [0.15, 0.2) is 189 Å². The lowest BCUT2D eigenvalue weighted by molar-refractivity contribution is 0.668. The Morgan fingerprint density at radius 3 is 1.21 bits per heavy atom. The highest BCUT2D eigenvalue weighted by Gasteiger charge is 2.20. The summed E-state index contributed by atoms with van der Waals surface area (Å²) in [6.45, 7) is 0. The summed E-state index contributed by atoms with van der Waals surface area (Å²) in [5, 5.41) is 6.69. The second-order valence-electron chi connectivity index (χ2n) is 13.3. The van der Waals surface area contributed by atoms with E-state index in [1.165, 1.54) is 0 Å². The second-order valence-corrected chi connectivity index (χ2v) is 13.3. The second kappa shape index (κ2) is 11.2. The average molecular weight is 668 g/mol. The van der Waals surface area contributed by atoms with Gasteiger partial charge in [-0.3, -0.25) is 0 Å². The molecule has 52 heavy (non-hydrogen) atoms. The Bertz CT molecular complexity index is 2970. The van der Waals surface area contributed by atoms with Gasteiger partial charge in [-0.2, -0.15) is 0 Å². The molecule has 11 rings (SSSR count). The number of anilines is 3. The van der Waals surface area contributed by atoms with Crippen molar-refractivity contribution < 1.29 is 13.3 Å². The van der Waals surface area contributed by atoms with Crippen LogP contribution >= 0.6 is 0 Å². The van der Waals surface area contributed by atoms with Crippen molar-refractivity contribution in [2.75, 3.05) is 4.90 Å². The van der Waals surface area contributed by atoms with Gasteiger partial charge in [0.05, 0.1) is 5.69 Å². The highest BCUT2D eigenvalue weighted by atomic mass is 16.3. The zero-order valence-electron chi connectivity index (χ0n) is 27.9. The van der Waals surface area contributed by atoms with E-state index in [1.807, 2.05) is 36.4 Å². The minimum absolute atomic E-state index is 0.853. The number of hydrogen-bond acceptors (Lipinski definition) is 4. The lowest BCUT2D eigenvalue weighted by Gasteiger charge is -2.26. The number of benzene rings is 8. The standard InChI is InChI=1S/C48H29NO3/c1-6-15-45-36(8-1)39-11-7-12-42(48(39)52-45)49(34-22-16-30(17-23-34)32-20-26-46-40(28-32)37-9-2-4-13-43(37)50-46)35-24-18-31(19-25-35)33-21-27-47-41(29-33)38-10-3-5-14-44(38)51-47/h1-29H. The monoisotopic (exact) mass is 667 g/mol. The SMILES string of the molecule is c1ccc2c(c1)oc1ccc(-c3ccc(N(c4ccc(-c5ccc6oc7ccccc7c6c5)cc4)c4cccc5c4oc4ccccc45)cc3)cc12. The van der Waals surface area contributed by atoms with Gasteiger partial charge in [0.1, 0.15) is 27.9 Å². The number of furan rings is 3. The number of rotatable bonds is 5. The quantitative estimate of drug-likeness (QED) is 0.183. The number of hydrogen-bond donors (Lipinski definition) is 0. The molecule has 0 aliphatic rings. The first-order valence-corrected chi connectivity index (χ1v) is 17.5. The van der Waals surface area contributed by atoms with E-state index in [4.69, 9.17) is 13.3 Å². The molecule has 0 unspecified atom stereocenters. The third-order valence-corrected chi connectivity index (χ3v) is 10.3. The van der Waals surface area contributed by atoms with Gasteiger partial charge in [0, 0.05) is 43.7 Å². The Morgan fingerprint density at radius 2 is 0.692 bits per heavy atom. The summed E-state index contributed by atoms with van der Waals surface area (Å²) in [6.07, 6.45) is 0. The summed E-state index contributed by atoms with van der Waals surface area (Å²) >= 11 is 0. The normalized spacial score (nSPS) is 11.8. The zero-order valence-corrected chi connectivity index (χ0v) is 27.9. The lowest BCUT2D eigenvalue weighted by Crippen LogP contribution is -2.10. The van der Waals surface area contributed by atoms with Gasteiger partial charge in [0.25, 0.3) is 0 Å². The van der Waals surface area contributed by atoms with Crippen LogP contribution in [0.25, 0.3) is 88.1 Å². The van der Waals surface area contributed by atoms with Crippen LogP contribution in [0, 0.1) is 0 Å². The first kappa shape index (κ1) is 28.8. The first-order valence-electron chi connectivity index (χ1n) is 17.5. The van der Waals surface area contributed by atoms with Gasteiger partial charge < -0.3 is 18.2 Å². The lowest BCUT2D eigenvalue weighted by atomic mass is 10.0. The Hall–Kier alpha value is -7.04. The molecule has 0 amide bonds. The van der Waals surface area contributed by atoms with Crippen molar-refractivity contribution in [2.45, 2.75) is 0 Å². The third kappa shape index (κ3) is 4.48. The summed E-state index contributed by atoms with van der Waals surface area (Å²) in [5.74, 6) is 0. The van der Waals surface area contributed by atoms with Gasteiger partial charge in [0.15, 0.2) is 5.58 Å². The molecule has 0 fully saturated rings. The Kier molecular flexibility index (Phi) is 6.22. The minimum atomic E-state index is 0.853. The summed E-state index contributed by atoms with van der Waals surface area (Å²) in [7, 11) is 0. The molecule has 0 spiro atoms. The van der Waals surface area contributed by atoms with E-state index < -0.39 is 0 Å². The Morgan fingerprint density at radius 1 is 0.288 bits per heavy atom. The maximum Gasteiger partial charge on any atom is 0.159 e. The van der Waals surface area contributed by atoms with Crippen LogP contribution in [0.1, 0.15) is 0 Å².